The van der Waals surface area contributed by atoms with Crippen molar-refractivity contribution in [2.75, 3.05) is 31.5 Å². The minimum atomic E-state index is -0.112. The standard InChI is InChI=1S/C14H20Cl2N4O/c1-2-20(11-4-3-5-17-8-11)9-13(21)19-14-12(16)6-10(15)7-18-14/h6-7,11,17H,2-5,8-9H2,1H3,(H,18,19,21). The maximum atomic E-state index is 12.2. The first-order chi connectivity index (χ1) is 10.1. The molecule has 0 aliphatic carbocycles. The summed E-state index contributed by atoms with van der Waals surface area (Å²) in [5.41, 5.74) is 0. The van der Waals surface area contributed by atoms with Crippen LogP contribution in [0.2, 0.25) is 10.0 Å². The van der Waals surface area contributed by atoms with Crippen molar-refractivity contribution in [3.05, 3.63) is 22.3 Å². The molecule has 116 valence electrons. The number of hydrogen-bond donors (Lipinski definition) is 2. The summed E-state index contributed by atoms with van der Waals surface area (Å²) in [5, 5.41) is 6.90. The molecule has 1 aliphatic heterocycles. The molecule has 1 unspecified atom stereocenters. The van der Waals surface area contributed by atoms with Crippen LogP contribution in [0, 0.1) is 0 Å². The van der Waals surface area contributed by atoms with Crippen LogP contribution in [-0.2, 0) is 4.79 Å². The van der Waals surface area contributed by atoms with E-state index in [0.29, 0.717) is 28.4 Å². The number of pyridine rings is 1. The summed E-state index contributed by atoms with van der Waals surface area (Å²) in [5.74, 6) is 0.239. The van der Waals surface area contributed by atoms with Gasteiger partial charge in [-0.3, -0.25) is 9.69 Å². The molecular formula is C14H20Cl2N4O. The van der Waals surface area contributed by atoms with Gasteiger partial charge in [-0.05, 0) is 32.0 Å². The van der Waals surface area contributed by atoms with E-state index in [4.69, 9.17) is 23.2 Å². The van der Waals surface area contributed by atoms with Crippen LogP contribution in [-0.4, -0.2) is 48.0 Å². The molecule has 1 aromatic rings. The number of nitrogens with zero attached hydrogens (tertiary/aromatic N) is 2. The molecule has 1 fully saturated rings. The fourth-order valence-corrected chi connectivity index (χ4v) is 2.93. The van der Waals surface area contributed by atoms with Gasteiger partial charge in [0.25, 0.3) is 0 Å². The molecule has 0 aromatic carbocycles. The maximum absolute atomic E-state index is 12.2. The SMILES string of the molecule is CCN(CC(=O)Nc1ncc(Cl)cc1Cl)C1CCCNC1. The fraction of sp³-hybridized carbons (Fsp3) is 0.571. The van der Waals surface area contributed by atoms with Gasteiger partial charge >= 0.3 is 0 Å². The zero-order chi connectivity index (χ0) is 15.2. The number of nitrogens with one attached hydrogen (secondary N) is 2. The van der Waals surface area contributed by atoms with E-state index in [9.17, 15) is 4.79 Å². The van der Waals surface area contributed by atoms with Gasteiger partial charge in [0.2, 0.25) is 5.91 Å². The number of amides is 1. The average Bonchev–Trinajstić information content (AvgIpc) is 2.48. The largest absolute Gasteiger partial charge is 0.315 e. The van der Waals surface area contributed by atoms with Crippen molar-refractivity contribution >= 4 is 34.9 Å². The Morgan fingerprint density at radius 2 is 2.38 bits per heavy atom. The second-order valence-electron chi connectivity index (χ2n) is 5.10. The maximum Gasteiger partial charge on any atom is 0.239 e. The van der Waals surface area contributed by atoms with Crippen molar-refractivity contribution in [2.45, 2.75) is 25.8 Å². The Morgan fingerprint density at radius 3 is 3.00 bits per heavy atom. The Kier molecular flexibility index (Phi) is 6.23. The highest BCUT2D eigenvalue weighted by Gasteiger charge is 2.22. The highest BCUT2D eigenvalue weighted by atomic mass is 35.5. The van der Waals surface area contributed by atoms with Crippen LogP contribution in [0.25, 0.3) is 0 Å². The number of halogens is 2. The van der Waals surface area contributed by atoms with Gasteiger partial charge in [0.05, 0.1) is 16.6 Å². The molecule has 2 heterocycles. The van der Waals surface area contributed by atoms with Crippen molar-refractivity contribution in [2.24, 2.45) is 0 Å². The van der Waals surface area contributed by atoms with Gasteiger partial charge in [0.15, 0.2) is 5.82 Å². The lowest BCUT2D eigenvalue weighted by Crippen LogP contribution is -2.48. The fourth-order valence-electron chi connectivity index (χ4n) is 2.51. The second kappa shape index (κ2) is 7.94. The van der Waals surface area contributed by atoms with E-state index < -0.39 is 0 Å². The van der Waals surface area contributed by atoms with Crippen molar-refractivity contribution in [1.82, 2.24) is 15.2 Å². The van der Waals surface area contributed by atoms with E-state index in [1.165, 1.54) is 6.20 Å². The number of likely N-dealkylation sites (N-methyl/N-ethyl adjacent to an activating group) is 1. The van der Waals surface area contributed by atoms with Gasteiger partial charge in [-0.25, -0.2) is 4.98 Å². The Labute approximate surface area is 135 Å². The Balaban J connectivity index is 1.92. The monoisotopic (exact) mass is 330 g/mol. The molecule has 0 bridgehead atoms. The Bertz CT molecular complexity index is 492. The Hall–Kier alpha value is -0.880. The third kappa shape index (κ3) is 4.81. The van der Waals surface area contributed by atoms with Crippen LogP contribution in [0.4, 0.5) is 5.82 Å². The summed E-state index contributed by atoms with van der Waals surface area (Å²) in [6.45, 7) is 5.23. The van der Waals surface area contributed by atoms with Gasteiger partial charge in [0, 0.05) is 18.8 Å². The molecule has 1 amide bonds. The topological polar surface area (TPSA) is 57.3 Å². The molecule has 2 N–H and O–H groups in total. The summed E-state index contributed by atoms with van der Waals surface area (Å²) in [7, 11) is 0. The Morgan fingerprint density at radius 1 is 1.57 bits per heavy atom. The predicted octanol–water partition coefficient (Wildman–Crippen LogP) is 2.40. The van der Waals surface area contributed by atoms with Crippen LogP contribution in [0.5, 0.6) is 0 Å². The van der Waals surface area contributed by atoms with Gasteiger partial charge in [-0.2, -0.15) is 0 Å². The molecule has 2 rings (SSSR count). The van der Waals surface area contributed by atoms with E-state index in [1.54, 1.807) is 6.07 Å². The third-order valence-electron chi connectivity index (χ3n) is 3.61. The molecule has 5 nitrogen and oxygen atoms in total. The minimum absolute atomic E-state index is 0.112. The summed E-state index contributed by atoms with van der Waals surface area (Å²) in [4.78, 5) is 18.4. The van der Waals surface area contributed by atoms with Crippen molar-refractivity contribution in [3.8, 4) is 0 Å². The minimum Gasteiger partial charge on any atom is -0.315 e. The van der Waals surface area contributed by atoms with E-state index in [0.717, 1.165) is 32.5 Å². The van der Waals surface area contributed by atoms with E-state index in [-0.39, 0.29) is 5.91 Å². The molecule has 7 heteroatoms. The number of carbonyl (C=O) groups excluding carboxylic acids is 1. The molecule has 1 aliphatic rings. The molecular weight excluding hydrogens is 311 g/mol. The molecule has 21 heavy (non-hydrogen) atoms. The number of piperidine rings is 1. The van der Waals surface area contributed by atoms with Crippen molar-refractivity contribution in [3.63, 3.8) is 0 Å². The first kappa shape index (κ1) is 16.5. The van der Waals surface area contributed by atoms with Gasteiger partial charge in [-0.1, -0.05) is 30.1 Å². The summed E-state index contributed by atoms with van der Waals surface area (Å²) >= 11 is 11.8. The number of aromatic nitrogens is 1. The molecule has 1 aromatic heterocycles. The van der Waals surface area contributed by atoms with Gasteiger partial charge < -0.3 is 10.6 Å². The number of hydrogen-bond acceptors (Lipinski definition) is 4. The van der Waals surface area contributed by atoms with Crippen LogP contribution in [0.15, 0.2) is 12.3 Å². The summed E-state index contributed by atoms with van der Waals surface area (Å²) in [6.07, 6.45) is 3.73. The van der Waals surface area contributed by atoms with Crippen molar-refractivity contribution < 1.29 is 4.79 Å². The lowest BCUT2D eigenvalue weighted by Gasteiger charge is -2.33. The van der Waals surface area contributed by atoms with E-state index in [1.807, 2.05) is 0 Å². The first-order valence-corrected chi connectivity index (χ1v) is 7.91. The lowest BCUT2D eigenvalue weighted by atomic mass is 10.1. The van der Waals surface area contributed by atoms with Crippen LogP contribution < -0.4 is 10.6 Å². The van der Waals surface area contributed by atoms with Crippen LogP contribution in [0.3, 0.4) is 0 Å². The number of rotatable bonds is 5. The van der Waals surface area contributed by atoms with Crippen LogP contribution >= 0.6 is 23.2 Å². The summed E-state index contributed by atoms with van der Waals surface area (Å²) < 4.78 is 0. The molecule has 0 radical (unpaired) electrons. The van der Waals surface area contributed by atoms with E-state index >= 15 is 0 Å². The summed E-state index contributed by atoms with van der Waals surface area (Å²) in [6, 6.07) is 1.97. The molecule has 0 spiro atoms. The van der Waals surface area contributed by atoms with Crippen molar-refractivity contribution in [1.29, 1.82) is 0 Å². The normalized spacial score (nSPS) is 18.8. The highest BCUT2D eigenvalue weighted by molar-refractivity contribution is 6.36. The van der Waals surface area contributed by atoms with Gasteiger partial charge in [0.1, 0.15) is 0 Å². The van der Waals surface area contributed by atoms with Gasteiger partial charge in [-0.15, -0.1) is 0 Å². The number of anilines is 1. The smallest absolute Gasteiger partial charge is 0.239 e. The third-order valence-corrected chi connectivity index (χ3v) is 4.10. The predicted molar refractivity (Wildman–Crippen MR) is 86.0 cm³/mol. The highest BCUT2D eigenvalue weighted by Crippen LogP contribution is 2.22. The van der Waals surface area contributed by atoms with Crippen LogP contribution in [0.1, 0.15) is 19.8 Å². The zero-order valence-electron chi connectivity index (χ0n) is 12.0. The molecule has 0 saturated carbocycles. The first-order valence-electron chi connectivity index (χ1n) is 7.15. The lowest BCUT2D eigenvalue weighted by molar-refractivity contribution is -0.117. The molecule has 1 saturated heterocycles. The van der Waals surface area contributed by atoms with E-state index in [2.05, 4.69) is 27.4 Å². The average molecular weight is 331 g/mol. The zero-order valence-corrected chi connectivity index (χ0v) is 13.5. The number of carbonyl (C=O) groups is 1. The molecule has 1 atom stereocenters. The second-order valence-corrected chi connectivity index (χ2v) is 5.94. The quantitative estimate of drug-likeness (QED) is 0.870.